The van der Waals surface area contributed by atoms with Gasteiger partial charge in [0.1, 0.15) is 0 Å². The highest BCUT2D eigenvalue weighted by Crippen LogP contribution is 2.22. The van der Waals surface area contributed by atoms with Gasteiger partial charge in [0.15, 0.2) is 0 Å². The van der Waals surface area contributed by atoms with E-state index in [0.29, 0.717) is 4.88 Å². The van der Waals surface area contributed by atoms with Crippen molar-refractivity contribution in [2.45, 2.75) is 27.3 Å². The first kappa shape index (κ1) is 13.2. The van der Waals surface area contributed by atoms with Crippen LogP contribution in [0, 0.1) is 6.92 Å². The predicted octanol–water partition coefficient (Wildman–Crippen LogP) is 1.50. The molecule has 1 aromatic heterocycles. The summed E-state index contributed by atoms with van der Waals surface area (Å²) < 4.78 is 0. The number of thiophene rings is 1. The Morgan fingerprint density at radius 1 is 1.50 bits per heavy atom. The maximum absolute atomic E-state index is 11.4. The van der Waals surface area contributed by atoms with Crippen LogP contribution in [0.2, 0.25) is 0 Å². The Morgan fingerprint density at radius 3 is 2.62 bits per heavy atom. The first-order chi connectivity index (χ1) is 7.62. The minimum Gasteiger partial charge on any atom is -0.300 e. The number of nitrogen functional groups attached to an aromatic ring is 1. The minimum atomic E-state index is -0.209. The number of carbonyl (C=O) groups is 1. The third kappa shape index (κ3) is 3.04. The molecule has 1 heterocycles. The molecule has 0 aliphatic rings. The smallest absolute Gasteiger partial charge is 0.275 e. The fourth-order valence-corrected chi connectivity index (χ4v) is 2.49. The van der Waals surface area contributed by atoms with Crippen LogP contribution < -0.4 is 11.3 Å². The molecule has 1 aromatic rings. The van der Waals surface area contributed by atoms with E-state index in [9.17, 15) is 4.79 Å². The zero-order valence-electron chi connectivity index (χ0n) is 10.0. The second-order valence-electron chi connectivity index (χ2n) is 3.63. The van der Waals surface area contributed by atoms with E-state index in [-0.39, 0.29) is 5.91 Å². The van der Waals surface area contributed by atoms with Crippen LogP contribution in [-0.2, 0) is 6.54 Å². The fraction of sp³-hybridized carbons (Fsp3) is 0.545. The largest absolute Gasteiger partial charge is 0.300 e. The number of hydrogen-bond donors (Lipinski definition) is 2. The predicted molar refractivity (Wildman–Crippen MR) is 67.3 cm³/mol. The molecule has 0 saturated carbocycles. The number of amides is 1. The molecule has 5 heteroatoms. The number of nitrogens with one attached hydrogen (secondary N) is 1. The first-order valence-corrected chi connectivity index (χ1v) is 6.26. The zero-order valence-corrected chi connectivity index (χ0v) is 10.9. The molecule has 1 amide bonds. The van der Waals surface area contributed by atoms with E-state index >= 15 is 0 Å². The molecule has 0 aromatic carbocycles. The number of rotatable bonds is 5. The Morgan fingerprint density at radius 2 is 2.12 bits per heavy atom. The van der Waals surface area contributed by atoms with E-state index in [1.165, 1.54) is 21.8 Å². The first-order valence-electron chi connectivity index (χ1n) is 5.44. The lowest BCUT2D eigenvalue weighted by Crippen LogP contribution is -2.29. The average Bonchev–Trinajstić information content (AvgIpc) is 2.66. The van der Waals surface area contributed by atoms with Crippen molar-refractivity contribution in [2.24, 2.45) is 5.84 Å². The molecule has 0 aliphatic carbocycles. The van der Waals surface area contributed by atoms with Gasteiger partial charge < -0.3 is 0 Å². The lowest BCUT2D eigenvalue weighted by Gasteiger charge is -2.17. The summed E-state index contributed by atoms with van der Waals surface area (Å²) >= 11 is 1.49. The van der Waals surface area contributed by atoms with Gasteiger partial charge in [0.2, 0.25) is 0 Å². The molecule has 0 fully saturated rings. The summed E-state index contributed by atoms with van der Waals surface area (Å²) in [6.07, 6.45) is 0. The topological polar surface area (TPSA) is 58.4 Å². The second kappa shape index (κ2) is 5.98. The molecule has 1 rings (SSSR count). The quantitative estimate of drug-likeness (QED) is 0.466. The van der Waals surface area contributed by atoms with Crippen molar-refractivity contribution in [1.82, 2.24) is 10.3 Å². The summed E-state index contributed by atoms with van der Waals surface area (Å²) in [5.74, 6) is 4.90. The fourth-order valence-electron chi connectivity index (χ4n) is 1.55. The van der Waals surface area contributed by atoms with Gasteiger partial charge >= 0.3 is 0 Å². The highest BCUT2D eigenvalue weighted by atomic mass is 32.1. The average molecular weight is 241 g/mol. The Kier molecular flexibility index (Phi) is 4.92. The van der Waals surface area contributed by atoms with Crippen LogP contribution in [0.15, 0.2) is 6.07 Å². The Labute approximate surface area is 100 Å². The van der Waals surface area contributed by atoms with Crippen LogP contribution in [0.3, 0.4) is 0 Å². The van der Waals surface area contributed by atoms with Crippen LogP contribution in [0.1, 0.15) is 34.0 Å². The van der Waals surface area contributed by atoms with Gasteiger partial charge in [-0.05, 0) is 31.6 Å². The molecule has 3 N–H and O–H groups in total. The van der Waals surface area contributed by atoms with Crippen LogP contribution in [0.25, 0.3) is 0 Å². The lowest BCUT2D eigenvalue weighted by molar-refractivity contribution is 0.0957. The van der Waals surface area contributed by atoms with Gasteiger partial charge in [-0.15, -0.1) is 11.3 Å². The van der Waals surface area contributed by atoms with E-state index < -0.39 is 0 Å². The maximum Gasteiger partial charge on any atom is 0.275 e. The van der Waals surface area contributed by atoms with Crippen molar-refractivity contribution in [3.63, 3.8) is 0 Å². The monoisotopic (exact) mass is 241 g/mol. The summed E-state index contributed by atoms with van der Waals surface area (Å²) in [5, 5.41) is 0. The van der Waals surface area contributed by atoms with E-state index in [2.05, 4.69) is 24.2 Å². The number of nitrogens with two attached hydrogens (primary N) is 1. The molecule has 90 valence electrons. The molecule has 0 unspecified atom stereocenters. The van der Waals surface area contributed by atoms with Gasteiger partial charge in [0.05, 0.1) is 4.88 Å². The van der Waals surface area contributed by atoms with E-state index in [4.69, 9.17) is 5.84 Å². The Balaban J connectivity index is 2.81. The third-order valence-corrected chi connectivity index (χ3v) is 3.76. The molecule has 16 heavy (non-hydrogen) atoms. The van der Waals surface area contributed by atoms with Gasteiger partial charge in [-0.25, -0.2) is 5.84 Å². The SMILES string of the molecule is CCN(CC)Cc1cc(C(=O)NN)sc1C. The molecular weight excluding hydrogens is 222 g/mol. The lowest BCUT2D eigenvalue weighted by atomic mass is 10.2. The molecule has 0 spiro atoms. The van der Waals surface area contributed by atoms with E-state index in [1.54, 1.807) is 0 Å². The number of aryl methyl sites for hydroxylation is 1. The highest BCUT2D eigenvalue weighted by Gasteiger charge is 2.12. The van der Waals surface area contributed by atoms with E-state index in [1.807, 2.05) is 13.0 Å². The summed E-state index contributed by atoms with van der Waals surface area (Å²) in [6.45, 7) is 9.25. The highest BCUT2D eigenvalue weighted by molar-refractivity contribution is 7.14. The third-order valence-electron chi connectivity index (χ3n) is 2.66. The number of hydrogen-bond acceptors (Lipinski definition) is 4. The Hall–Kier alpha value is -0.910. The van der Waals surface area contributed by atoms with Crippen LogP contribution >= 0.6 is 11.3 Å². The van der Waals surface area contributed by atoms with Gasteiger partial charge in [-0.2, -0.15) is 0 Å². The number of carbonyl (C=O) groups excluding carboxylic acids is 1. The normalized spacial score (nSPS) is 10.8. The van der Waals surface area contributed by atoms with Crippen molar-refractivity contribution < 1.29 is 4.79 Å². The molecule has 4 nitrogen and oxygen atoms in total. The summed E-state index contributed by atoms with van der Waals surface area (Å²) in [5.41, 5.74) is 3.38. The van der Waals surface area contributed by atoms with Crippen molar-refractivity contribution in [2.75, 3.05) is 13.1 Å². The molecule has 0 bridgehead atoms. The number of nitrogens with zero attached hydrogens (tertiary/aromatic N) is 1. The maximum atomic E-state index is 11.4. The van der Waals surface area contributed by atoms with Gasteiger partial charge in [0, 0.05) is 11.4 Å². The molecule has 0 atom stereocenters. The summed E-state index contributed by atoms with van der Waals surface area (Å²) in [7, 11) is 0. The van der Waals surface area contributed by atoms with Gasteiger partial charge in [-0.3, -0.25) is 15.1 Å². The molecule has 0 aliphatic heterocycles. The van der Waals surface area contributed by atoms with Gasteiger partial charge in [0.25, 0.3) is 5.91 Å². The van der Waals surface area contributed by atoms with E-state index in [0.717, 1.165) is 19.6 Å². The summed E-state index contributed by atoms with van der Waals surface area (Å²) in [6, 6.07) is 1.93. The van der Waals surface area contributed by atoms with Crippen LogP contribution in [0.5, 0.6) is 0 Å². The van der Waals surface area contributed by atoms with Crippen molar-refractivity contribution in [1.29, 1.82) is 0 Å². The number of hydrazine groups is 1. The van der Waals surface area contributed by atoms with Crippen molar-refractivity contribution in [3.8, 4) is 0 Å². The second-order valence-corrected chi connectivity index (χ2v) is 4.88. The Bertz CT molecular complexity index is 358. The van der Waals surface area contributed by atoms with Crippen LogP contribution in [0.4, 0.5) is 0 Å². The van der Waals surface area contributed by atoms with Gasteiger partial charge in [-0.1, -0.05) is 13.8 Å². The van der Waals surface area contributed by atoms with Crippen LogP contribution in [-0.4, -0.2) is 23.9 Å². The molecular formula is C11H19N3OS. The van der Waals surface area contributed by atoms with Crippen molar-refractivity contribution in [3.05, 3.63) is 21.4 Å². The van der Waals surface area contributed by atoms with Crippen molar-refractivity contribution >= 4 is 17.2 Å². The standard InChI is InChI=1S/C11H19N3OS/c1-4-14(5-2)7-9-6-10(11(15)13-12)16-8(9)3/h6H,4-5,7,12H2,1-3H3,(H,13,15). The zero-order chi connectivity index (χ0) is 12.1. The minimum absolute atomic E-state index is 0.209. The molecule has 0 saturated heterocycles. The molecule has 0 radical (unpaired) electrons. The summed E-state index contributed by atoms with van der Waals surface area (Å²) in [4.78, 5) is 15.6.